The van der Waals surface area contributed by atoms with Crippen LogP contribution < -0.4 is 11.1 Å². The van der Waals surface area contributed by atoms with Gasteiger partial charge in [0.15, 0.2) is 0 Å². The number of halogens is 3. The van der Waals surface area contributed by atoms with Crippen LogP contribution >= 0.6 is 0 Å². The molecule has 0 radical (unpaired) electrons. The van der Waals surface area contributed by atoms with Crippen molar-refractivity contribution < 1.29 is 13.2 Å². The number of nitrogens with one attached hydrogen (secondary N) is 1. The molecule has 1 fully saturated rings. The van der Waals surface area contributed by atoms with Crippen molar-refractivity contribution in [2.24, 2.45) is 11.1 Å². The van der Waals surface area contributed by atoms with Crippen LogP contribution in [0, 0.1) is 5.41 Å². The third-order valence-corrected chi connectivity index (χ3v) is 3.37. The fourth-order valence-corrected chi connectivity index (χ4v) is 1.94. The molecule has 0 spiro atoms. The topological polar surface area (TPSA) is 50.9 Å². The molecule has 0 saturated heterocycles. The number of anilines is 1. The highest BCUT2D eigenvalue weighted by Crippen LogP contribution is 2.48. The van der Waals surface area contributed by atoms with E-state index in [9.17, 15) is 13.2 Å². The van der Waals surface area contributed by atoms with Crippen LogP contribution in [0.3, 0.4) is 0 Å². The largest absolute Gasteiger partial charge is 0.417 e. The lowest BCUT2D eigenvalue weighted by Crippen LogP contribution is -2.19. The number of hydrogen-bond donors (Lipinski definition) is 2. The van der Waals surface area contributed by atoms with E-state index in [1.165, 1.54) is 6.07 Å². The third-order valence-electron chi connectivity index (χ3n) is 3.37. The van der Waals surface area contributed by atoms with Crippen molar-refractivity contribution in [1.29, 1.82) is 0 Å². The molecular formula is C12H16F3N3. The lowest BCUT2D eigenvalue weighted by Gasteiger charge is -2.15. The lowest BCUT2D eigenvalue weighted by molar-refractivity contribution is -0.137. The predicted octanol–water partition coefficient (Wildman–Crippen LogP) is 2.64. The summed E-state index contributed by atoms with van der Waals surface area (Å²) in [6.07, 6.45) is -0.288. The van der Waals surface area contributed by atoms with Gasteiger partial charge in [-0.15, -0.1) is 0 Å². The summed E-state index contributed by atoms with van der Waals surface area (Å²) in [4.78, 5) is 3.77. The molecule has 1 heterocycles. The van der Waals surface area contributed by atoms with E-state index >= 15 is 0 Å². The van der Waals surface area contributed by atoms with Crippen molar-refractivity contribution >= 4 is 5.82 Å². The summed E-state index contributed by atoms with van der Waals surface area (Å²) in [5.74, 6) is 0.478. The van der Waals surface area contributed by atoms with Gasteiger partial charge in [-0.3, -0.25) is 0 Å². The van der Waals surface area contributed by atoms with E-state index in [2.05, 4.69) is 10.3 Å². The van der Waals surface area contributed by atoms with E-state index in [0.717, 1.165) is 38.1 Å². The molecule has 1 aliphatic rings. The average molecular weight is 259 g/mol. The fourth-order valence-electron chi connectivity index (χ4n) is 1.94. The Balaban J connectivity index is 1.91. The summed E-state index contributed by atoms with van der Waals surface area (Å²) in [5, 5.41) is 3.08. The number of nitrogens with zero attached hydrogens (tertiary/aromatic N) is 1. The van der Waals surface area contributed by atoms with Gasteiger partial charge >= 0.3 is 6.18 Å². The molecule has 3 nitrogen and oxygen atoms in total. The molecule has 1 saturated carbocycles. The van der Waals surface area contributed by atoms with Crippen LogP contribution in [0.15, 0.2) is 18.3 Å². The van der Waals surface area contributed by atoms with Crippen LogP contribution in [0.4, 0.5) is 19.0 Å². The molecule has 6 heteroatoms. The first-order valence-electron chi connectivity index (χ1n) is 5.92. The van der Waals surface area contributed by atoms with E-state index < -0.39 is 11.7 Å². The molecule has 0 bridgehead atoms. The van der Waals surface area contributed by atoms with Gasteiger partial charge in [-0.1, -0.05) is 0 Å². The monoisotopic (exact) mass is 259 g/mol. The second kappa shape index (κ2) is 4.76. The molecule has 100 valence electrons. The average Bonchev–Trinajstić information content (AvgIpc) is 3.07. The highest BCUT2D eigenvalue weighted by atomic mass is 19.4. The zero-order valence-corrected chi connectivity index (χ0v) is 9.93. The predicted molar refractivity (Wildman–Crippen MR) is 63.1 cm³/mol. The molecule has 0 amide bonds. The van der Waals surface area contributed by atoms with Crippen LogP contribution in [0.25, 0.3) is 0 Å². The van der Waals surface area contributed by atoms with Crippen molar-refractivity contribution in [2.45, 2.75) is 25.4 Å². The maximum atomic E-state index is 12.3. The van der Waals surface area contributed by atoms with Gasteiger partial charge in [0.05, 0.1) is 5.56 Å². The smallest absolute Gasteiger partial charge is 0.370 e. The first kappa shape index (κ1) is 13.1. The molecule has 1 aromatic heterocycles. The third kappa shape index (κ3) is 3.13. The minimum Gasteiger partial charge on any atom is -0.370 e. The minimum absolute atomic E-state index is 0.235. The Kier molecular flexibility index (Phi) is 3.47. The van der Waals surface area contributed by atoms with Crippen LogP contribution in [0.2, 0.25) is 0 Å². The first-order valence-corrected chi connectivity index (χ1v) is 5.92. The number of hydrogen-bond acceptors (Lipinski definition) is 3. The Morgan fingerprint density at radius 2 is 2.06 bits per heavy atom. The van der Waals surface area contributed by atoms with Gasteiger partial charge in [-0.2, -0.15) is 13.2 Å². The van der Waals surface area contributed by atoms with Gasteiger partial charge in [0, 0.05) is 12.7 Å². The van der Waals surface area contributed by atoms with Crippen molar-refractivity contribution in [2.75, 3.05) is 18.4 Å². The molecule has 1 aromatic rings. The van der Waals surface area contributed by atoms with Crippen molar-refractivity contribution in [3.63, 3.8) is 0 Å². The minimum atomic E-state index is -4.33. The molecule has 0 aliphatic heterocycles. The maximum absolute atomic E-state index is 12.3. The van der Waals surface area contributed by atoms with Crippen molar-refractivity contribution in [3.05, 3.63) is 23.9 Å². The molecule has 0 atom stereocenters. The van der Waals surface area contributed by atoms with E-state index in [1.54, 1.807) is 0 Å². The second-order valence-corrected chi connectivity index (χ2v) is 4.82. The van der Waals surface area contributed by atoms with E-state index in [-0.39, 0.29) is 5.41 Å². The molecule has 2 rings (SSSR count). The zero-order valence-electron chi connectivity index (χ0n) is 9.93. The summed E-state index contributed by atoms with van der Waals surface area (Å²) >= 11 is 0. The first-order chi connectivity index (χ1) is 8.45. The normalized spacial score (nSPS) is 17.6. The molecule has 18 heavy (non-hydrogen) atoms. The standard InChI is InChI=1S/C12H16F3N3/c13-12(14,15)9-1-2-10(17-7-9)18-8-11(3-4-11)5-6-16/h1-2,7H,3-6,8,16H2,(H,17,18). The Morgan fingerprint density at radius 3 is 2.50 bits per heavy atom. The summed E-state index contributed by atoms with van der Waals surface area (Å²) in [6.45, 7) is 1.37. The molecular weight excluding hydrogens is 243 g/mol. The van der Waals surface area contributed by atoms with E-state index in [4.69, 9.17) is 5.73 Å². The maximum Gasteiger partial charge on any atom is 0.417 e. The van der Waals surface area contributed by atoms with Crippen LogP contribution in [0.1, 0.15) is 24.8 Å². The van der Waals surface area contributed by atoms with Gasteiger partial charge in [-0.05, 0) is 43.4 Å². The Bertz CT molecular complexity index is 396. The number of alkyl halides is 3. The number of nitrogens with two attached hydrogens (primary N) is 1. The summed E-state index contributed by atoms with van der Waals surface area (Å²) in [5.41, 5.74) is 5.03. The summed E-state index contributed by atoms with van der Waals surface area (Å²) < 4.78 is 37.0. The lowest BCUT2D eigenvalue weighted by atomic mass is 10.0. The summed E-state index contributed by atoms with van der Waals surface area (Å²) in [6, 6.07) is 2.40. The van der Waals surface area contributed by atoms with Crippen molar-refractivity contribution in [1.82, 2.24) is 4.98 Å². The van der Waals surface area contributed by atoms with Crippen LogP contribution in [-0.2, 0) is 6.18 Å². The zero-order chi connectivity index (χ0) is 13.2. The second-order valence-electron chi connectivity index (χ2n) is 4.82. The highest BCUT2D eigenvalue weighted by molar-refractivity contribution is 5.36. The summed E-state index contributed by atoms with van der Waals surface area (Å²) in [7, 11) is 0. The SMILES string of the molecule is NCCC1(CNc2ccc(C(F)(F)F)cn2)CC1. The van der Waals surface area contributed by atoms with Gasteiger partial charge in [0.1, 0.15) is 5.82 Å². The van der Waals surface area contributed by atoms with Crippen LogP contribution in [0.5, 0.6) is 0 Å². The Hall–Kier alpha value is -1.30. The van der Waals surface area contributed by atoms with E-state index in [0.29, 0.717) is 12.4 Å². The number of rotatable bonds is 5. The van der Waals surface area contributed by atoms with Crippen LogP contribution in [-0.4, -0.2) is 18.1 Å². The van der Waals surface area contributed by atoms with Gasteiger partial charge < -0.3 is 11.1 Å². The quantitative estimate of drug-likeness (QED) is 0.854. The highest BCUT2D eigenvalue weighted by Gasteiger charge is 2.41. The molecule has 0 unspecified atom stereocenters. The Labute approximate surface area is 104 Å². The molecule has 0 aromatic carbocycles. The Morgan fingerprint density at radius 1 is 1.33 bits per heavy atom. The number of aromatic nitrogens is 1. The molecule has 3 N–H and O–H groups in total. The van der Waals surface area contributed by atoms with Gasteiger partial charge in [-0.25, -0.2) is 4.98 Å². The van der Waals surface area contributed by atoms with E-state index in [1.807, 2.05) is 0 Å². The molecule has 1 aliphatic carbocycles. The van der Waals surface area contributed by atoms with Gasteiger partial charge in [0.2, 0.25) is 0 Å². The van der Waals surface area contributed by atoms with Gasteiger partial charge in [0.25, 0.3) is 0 Å². The number of pyridine rings is 1. The van der Waals surface area contributed by atoms with Crippen molar-refractivity contribution in [3.8, 4) is 0 Å². The fraction of sp³-hybridized carbons (Fsp3) is 0.583.